The minimum Gasteiger partial charge on any atom is -0.506 e. The maximum atomic E-state index is 10.3. The number of anilines is 2. The maximum Gasteiger partial charge on any atom is 0.270 e. The second-order valence-corrected chi connectivity index (χ2v) is 6.28. The number of nitrogens with zero attached hydrogens (tertiary/aromatic N) is 1. The van der Waals surface area contributed by atoms with Crippen LogP contribution in [0, 0.1) is 10.1 Å². The minimum atomic E-state index is -0.431. The van der Waals surface area contributed by atoms with E-state index in [0.29, 0.717) is 16.8 Å². The standard InChI is InChI=1S/C10H8ClNO.C7H8N2O2S/c11-8-5-9(12)6-3-1-2-4-7(6)10(8)13;1-12-7-4-5(9(10)11)2-3-6(7)8/h1-5,13H,12H2;2-4H,8H2,1H3. The van der Waals surface area contributed by atoms with Crippen molar-refractivity contribution in [1.29, 1.82) is 0 Å². The van der Waals surface area contributed by atoms with E-state index in [1.54, 1.807) is 18.2 Å². The molecular weight excluding hydrogens is 362 g/mol. The summed E-state index contributed by atoms with van der Waals surface area (Å²) in [5, 5.41) is 21.7. The summed E-state index contributed by atoms with van der Waals surface area (Å²) in [4.78, 5) is 10.6. The van der Waals surface area contributed by atoms with Crippen molar-refractivity contribution in [1.82, 2.24) is 0 Å². The van der Waals surface area contributed by atoms with Crippen LogP contribution >= 0.6 is 23.4 Å². The molecule has 3 aromatic rings. The van der Waals surface area contributed by atoms with E-state index < -0.39 is 4.92 Å². The number of non-ortho nitro benzene ring substituents is 1. The maximum absolute atomic E-state index is 10.3. The summed E-state index contributed by atoms with van der Waals surface area (Å²) < 4.78 is 0. The third-order valence-electron chi connectivity index (χ3n) is 3.43. The fraction of sp³-hybridized carbons (Fsp3) is 0.0588. The number of halogens is 1. The largest absolute Gasteiger partial charge is 0.506 e. The number of phenols is 1. The molecule has 8 heteroatoms. The van der Waals surface area contributed by atoms with Crippen molar-refractivity contribution in [3.63, 3.8) is 0 Å². The topological polar surface area (TPSA) is 115 Å². The van der Waals surface area contributed by atoms with E-state index in [0.717, 1.165) is 10.3 Å². The number of nitrogen functional groups attached to an aromatic ring is 2. The second-order valence-electron chi connectivity index (χ2n) is 5.03. The van der Waals surface area contributed by atoms with E-state index in [1.165, 1.54) is 23.9 Å². The lowest BCUT2D eigenvalue weighted by atomic mass is 10.1. The third-order valence-corrected chi connectivity index (χ3v) is 4.51. The Balaban J connectivity index is 0.000000181. The molecule has 6 nitrogen and oxygen atoms in total. The number of thioether (sulfide) groups is 1. The highest BCUT2D eigenvalue weighted by Gasteiger charge is 2.08. The molecule has 0 aliphatic carbocycles. The lowest BCUT2D eigenvalue weighted by Crippen LogP contribution is -1.92. The molecule has 0 heterocycles. The summed E-state index contributed by atoms with van der Waals surface area (Å²) >= 11 is 7.16. The first kappa shape index (κ1) is 18.7. The highest BCUT2D eigenvalue weighted by molar-refractivity contribution is 7.98. The Morgan fingerprint density at radius 1 is 1.08 bits per heavy atom. The molecule has 0 bridgehead atoms. The molecule has 0 fully saturated rings. The van der Waals surface area contributed by atoms with Crippen LogP contribution in [-0.2, 0) is 0 Å². The number of nitro benzene ring substituents is 1. The summed E-state index contributed by atoms with van der Waals surface area (Å²) in [7, 11) is 0. The third kappa shape index (κ3) is 4.26. The van der Waals surface area contributed by atoms with Gasteiger partial charge in [0, 0.05) is 39.2 Å². The Hall–Kier alpha value is -2.64. The first-order chi connectivity index (χ1) is 11.8. The molecule has 0 saturated carbocycles. The monoisotopic (exact) mass is 377 g/mol. The molecule has 25 heavy (non-hydrogen) atoms. The highest BCUT2D eigenvalue weighted by Crippen LogP contribution is 2.35. The number of phenolic OH excluding ortho intramolecular Hbond substituents is 1. The van der Waals surface area contributed by atoms with Gasteiger partial charge >= 0.3 is 0 Å². The number of rotatable bonds is 2. The molecule has 0 aromatic heterocycles. The normalized spacial score (nSPS) is 10.2. The van der Waals surface area contributed by atoms with Crippen LogP contribution < -0.4 is 11.5 Å². The van der Waals surface area contributed by atoms with E-state index in [9.17, 15) is 15.2 Å². The van der Waals surface area contributed by atoms with Crippen molar-refractivity contribution in [2.24, 2.45) is 0 Å². The van der Waals surface area contributed by atoms with Gasteiger partial charge in [-0.25, -0.2) is 0 Å². The number of nitrogens with two attached hydrogens (primary N) is 2. The molecule has 0 aliphatic rings. The van der Waals surface area contributed by atoms with Crippen molar-refractivity contribution in [3.8, 4) is 5.75 Å². The van der Waals surface area contributed by atoms with E-state index >= 15 is 0 Å². The summed E-state index contributed by atoms with van der Waals surface area (Å²) in [6.45, 7) is 0. The Morgan fingerprint density at radius 3 is 2.32 bits per heavy atom. The van der Waals surface area contributed by atoms with Crippen molar-refractivity contribution in [3.05, 3.63) is 63.7 Å². The fourth-order valence-corrected chi connectivity index (χ4v) is 2.93. The molecule has 5 N–H and O–H groups in total. The molecule has 0 spiro atoms. The van der Waals surface area contributed by atoms with Gasteiger partial charge in [0.2, 0.25) is 0 Å². The Morgan fingerprint density at radius 2 is 1.72 bits per heavy atom. The van der Waals surface area contributed by atoms with Crippen LogP contribution in [0.15, 0.2) is 53.4 Å². The van der Waals surface area contributed by atoms with E-state index in [-0.39, 0.29) is 16.5 Å². The minimum absolute atomic E-state index is 0.0774. The van der Waals surface area contributed by atoms with Gasteiger partial charge in [-0.1, -0.05) is 35.9 Å². The van der Waals surface area contributed by atoms with Gasteiger partial charge in [0.1, 0.15) is 5.75 Å². The summed E-state index contributed by atoms with van der Waals surface area (Å²) in [6.07, 6.45) is 1.83. The highest BCUT2D eigenvalue weighted by atomic mass is 35.5. The zero-order chi connectivity index (χ0) is 18.6. The average molecular weight is 378 g/mol. The van der Waals surface area contributed by atoms with Gasteiger partial charge in [0.15, 0.2) is 0 Å². The zero-order valence-electron chi connectivity index (χ0n) is 13.3. The molecule has 0 amide bonds. The fourth-order valence-electron chi connectivity index (χ4n) is 2.17. The molecule has 0 unspecified atom stereocenters. The number of hydrogen-bond donors (Lipinski definition) is 3. The number of benzene rings is 3. The quantitative estimate of drug-likeness (QED) is 0.196. The molecular formula is C17H16ClN3O3S. The van der Waals surface area contributed by atoms with Crippen molar-refractivity contribution in [2.45, 2.75) is 4.90 Å². The van der Waals surface area contributed by atoms with Crippen LogP contribution in [-0.4, -0.2) is 16.3 Å². The number of hydrogen-bond acceptors (Lipinski definition) is 6. The SMILES string of the molecule is CSc1cc([N+](=O)[O-])ccc1N.Nc1cc(Cl)c(O)c2ccccc12. The predicted octanol–water partition coefficient (Wildman–Crippen LogP) is 4.68. The average Bonchev–Trinajstić information content (AvgIpc) is 2.60. The molecule has 0 aliphatic heterocycles. The van der Waals surface area contributed by atoms with Crippen molar-refractivity contribution in [2.75, 3.05) is 17.7 Å². The predicted molar refractivity (Wildman–Crippen MR) is 104 cm³/mol. The Kier molecular flexibility index (Phi) is 5.95. The zero-order valence-corrected chi connectivity index (χ0v) is 14.8. The van der Waals surface area contributed by atoms with Crippen LogP contribution in [0.2, 0.25) is 5.02 Å². The van der Waals surface area contributed by atoms with Crippen LogP contribution in [0.4, 0.5) is 17.1 Å². The van der Waals surface area contributed by atoms with Gasteiger partial charge in [-0.2, -0.15) is 0 Å². The Bertz CT molecular complexity index is 934. The van der Waals surface area contributed by atoms with Gasteiger partial charge in [-0.05, 0) is 18.4 Å². The molecule has 130 valence electrons. The summed E-state index contributed by atoms with van der Waals surface area (Å²) in [5.41, 5.74) is 12.5. The molecule has 0 radical (unpaired) electrons. The van der Waals surface area contributed by atoms with Gasteiger partial charge < -0.3 is 16.6 Å². The van der Waals surface area contributed by atoms with Crippen LogP contribution in [0.3, 0.4) is 0 Å². The summed E-state index contributed by atoms with van der Waals surface area (Å²) in [5.74, 6) is 0.0893. The van der Waals surface area contributed by atoms with Crippen LogP contribution in [0.1, 0.15) is 0 Å². The van der Waals surface area contributed by atoms with Crippen LogP contribution in [0.25, 0.3) is 10.8 Å². The van der Waals surface area contributed by atoms with Gasteiger partial charge in [0.25, 0.3) is 5.69 Å². The summed E-state index contributed by atoms with van der Waals surface area (Å²) in [6, 6.07) is 13.3. The van der Waals surface area contributed by atoms with E-state index in [2.05, 4.69) is 0 Å². The first-order valence-corrected chi connectivity index (χ1v) is 8.69. The molecule has 3 rings (SSSR count). The van der Waals surface area contributed by atoms with Crippen molar-refractivity contribution >= 4 is 51.2 Å². The molecule has 0 saturated heterocycles. The lowest BCUT2D eigenvalue weighted by Gasteiger charge is -2.05. The molecule has 0 atom stereocenters. The smallest absolute Gasteiger partial charge is 0.270 e. The Labute approximate surface area is 153 Å². The second kappa shape index (κ2) is 7.96. The lowest BCUT2D eigenvalue weighted by molar-refractivity contribution is -0.385. The number of fused-ring (bicyclic) bond motifs is 1. The van der Waals surface area contributed by atoms with E-state index in [1.807, 2.05) is 24.5 Å². The van der Waals surface area contributed by atoms with Crippen LogP contribution in [0.5, 0.6) is 5.75 Å². The number of nitro groups is 1. The van der Waals surface area contributed by atoms with Gasteiger partial charge in [-0.3, -0.25) is 10.1 Å². The van der Waals surface area contributed by atoms with Crippen molar-refractivity contribution < 1.29 is 10.0 Å². The first-order valence-electron chi connectivity index (χ1n) is 7.08. The van der Waals surface area contributed by atoms with Gasteiger partial charge in [-0.15, -0.1) is 11.8 Å². The number of aromatic hydroxyl groups is 1. The van der Waals surface area contributed by atoms with E-state index in [4.69, 9.17) is 23.1 Å². The van der Waals surface area contributed by atoms with Gasteiger partial charge in [0.05, 0.1) is 9.95 Å². The molecule has 3 aromatic carbocycles.